The Bertz CT molecular complexity index is 2470. The highest BCUT2D eigenvalue weighted by atomic mass is 32.1. The third kappa shape index (κ3) is 3.93. The van der Waals surface area contributed by atoms with Crippen molar-refractivity contribution in [1.82, 2.24) is 4.57 Å². The molecule has 1 N–H and O–H groups in total. The molecule has 0 aliphatic rings. The molecule has 3 heteroatoms. The summed E-state index contributed by atoms with van der Waals surface area (Å²) in [5.41, 5.74) is 8.16. The summed E-state index contributed by atoms with van der Waals surface area (Å²) in [6, 6.07) is 54.8. The number of benzene rings is 7. The lowest BCUT2D eigenvalue weighted by Gasteiger charge is -2.11. The van der Waals surface area contributed by atoms with Crippen molar-refractivity contribution in [3.8, 4) is 16.8 Å². The Morgan fingerprint density at radius 1 is 0.442 bits per heavy atom. The normalized spacial score (nSPS) is 11.7. The molecule has 2 heterocycles. The molecule has 0 saturated heterocycles. The van der Waals surface area contributed by atoms with Gasteiger partial charge < -0.3 is 9.88 Å². The molecule has 0 bridgehead atoms. The number of hydrogen-bond donors (Lipinski definition) is 1. The molecule has 2 aromatic heterocycles. The van der Waals surface area contributed by atoms with Gasteiger partial charge in [0.25, 0.3) is 0 Å². The van der Waals surface area contributed by atoms with Crippen molar-refractivity contribution in [1.29, 1.82) is 0 Å². The van der Waals surface area contributed by atoms with E-state index in [4.69, 9.17) is 0 Å². The van der Waals surface area contributed by atoms with Crippen LogP contribution in [0.5, 0.6) is 0 Å². The van der Waals surface area contributed by atoms with Crippen molar-refractivity contribution in [2.24, 2.45) is 0 Å². The second-order valence-corrected chi connectivity index (χ2v) is 12.2. The number of nitrogens with zero attached hydrogens (tertiary/aromatic N) is 1. The molecule has 0 radical (unpaired) electrons. The molecule has 0 amide bonds. The highest BCUT2D eigenvalue weighted by Gasteiger charge is 2.15. The van der Waals surface area contributed by atoms with Gasteiger partial charge in [-0.15, -0.1) is 11.3 Å². The molecule has 0 aliphatic carbocycles. The number of anilines is 2. The first-order chi connectivity index (χ1) is 21.3. The van der Waals surface area contributed by atoms with Crippen molar-refractivity contribution in [3.63, 3.8) is 0 Å². The fourth-order valence-corrected chi connectivity index (χ4v) is 7.62. The lowest BCUT2D eigenvalue weighted by molar-refractivity contribution is 1.18. The third-order valence-corrected chi connectivity index (χ3v) is 9.71. The van der Waals surface area contributed by atoms with Gasteiger partial charge in [-0.25, -0.2) is 0 Å². The van der Waals surface area contributed by atoms with E-state index < -0.39 is 0 Å². The first-order valence-electron chi connectivity index (χ1n) is 14.6. The largest absolute Gasteiger partial charge is 0.355 e. The minimum atomic E-state index is 1.07. The molecule has 0 aliphatic heterocycles. The third-order valence-electron chi connectivity index (χ3n) is 8.55. The summed E-state index contributed by atoms with van der Waals surface area (Å²) in [7, 11) is 0. The molecular weight excluding hydrogens is 541 g/mol. The second kappa shape index (κ2) is 9.59. The molecule has 0 unspecified atom stereocenters. The van der Waals surface area contributed by atoms with Crippen molar-refractivity contribution >= 4 is 75.5 Å². The van der Waals surface area contributed by atoms with E-state index in [9.17, 15) is 0 Å². The van der Waals surface area contributed by atoms with Crippen molar-refractivity contribution in [3.05, 3.63) is 152 Å². The van der Waals surface area contributed by atoms with Gasteiger partial charge in [0.1, 0.15) is 0 Å². The maximum absolute atomic E-state index is 3.67. The van der Waals surface area contributed by atoms with Crippen LogP contribution in [0.1, 0.15) is 0 Å². The summed E-state index contributed by atoms with van der Waals surface area (Å²) in [6.07, 6.45) is 0. The van der Waals surface area contributed by atoms with E-state index in [1.807, 2.05) is 11.3 Å². The summed E-state index contributed by atoms with van der Waals surface area (Å²) < 4.78 is 5.06. The Labute approximate surface area is 253 Å². The average Bonchev–Trinajstić information content (AvgIpc) is 3.61. The predicted octanol–water partition coefficient (Wildman–Crippen LogP) is 11.7. The van der Waals surface area contributed by atoms with Crippen molar-refractivity contribution in [2.75, 3.05) is 5.32 Å². The van der Waals surface area contributed by atoms with Crippen LogP contribution in [-0.2, 0) is 0 Å². The van der Waals surface area contributed by atoms with Gasteiger partial charge in [0.15, 0.2) is 0 Å². The lowest BCUT2D eigenvalue weighted by Crippen LogP contribution is -1.95. The number of aromatic nitrogens is 1. The SMILES string of the molecule is c1ccc(-n2c3cc(Nc4ccc(-c5ccc6sc7ccccc7c6c5)cc4)ccc3c3c4ccccc4ccc32)cc1. The maximum atomic E-state index is 3.67. The van der Waals surface area contributed by atoms with Gasteiger partial charge in [-0.1, -0.05) is 91.0 Å². The van der Waals surface area contributed by atoms with Crippen molar-refractivity contribution in [2.45, 2.75) is 0 Å². The van der Waals surface area contributed by atoms with E-state index >= 15 is 0 Å². The summed E-state index contributed by atoms with van der Waals surface area (Å²) >= 11 is 1.86. The number of rotatable bonds is 4. The van der Waals surface area contributed by atoms with Crippen LogP contribution >= 0.6 is 11.3 Å². The summed E-state index contributed by atoms with van der Waals surface area (Å²) in [4.78, 5) is 0. The minimum absolute atomic E-state index is 1.07. The first kappa shape index (κ1) is 24.2. The van der Waals surface area contributed by atoms with Gasteiger partial charge in [-0.3, -0.25) is 0 Å². The molecule has 0 fully saturated rings. The van der Waals surface area contributed by atoms with E-state index in [0.717, 1.165) is 17.1 Å². The van der Waals surface area contributed by atoms with Gasteiger partial charge in [0.05, 0.1) is 11.0 Å². The quantitative estimate of drug-likeness (QED) is 0.224. The molecule has 43 heavy (non-hydrogen) atoms. The Balaban J connectivity index is 1.11. The number of thiophene rings is 1. The van der Waals surface area contributed by atoms with Gasteiger partial charge in [-0.05, 0) is 82.6 Å². The highest BCUT2D eigenvalue weighted by molar-refractivity contribution is 7.25. The summed E-state index contributed by atoms with van der Waals surface area (Å²) in [5.74, 6) is 0. The molecule has 0 saturated carbocycles. The monoisotopic (exact) mass is 566 g/mol. The standard InChI is InChI=1S/C40H26N2S/c1-2-9-31(10-3-1)42-36-22-16-27-8-4-5-11-32(27)40(36)34-21-20-30(25-37(34)42)41-29-18-14-26(15-19-29)28-17-23-39-35(24-28)33-12-6-7-13-38(33)43-39/h1-25,41H. The smallest absolute Gasteiger partial charge is 0.0561 e. The maximum Gasteiger partial charge on any atom is 0.0561 e. The predicted molar refractivity (Wildman–Crippen MR) is 186 cm³/mol. The van der Waals surface area contributed by atoms with E-state index in [-0.39, 0.29) is 0 Å². The fraction of sp³-hybridized carbons (Fsp3) is 0. The molecule has 202 valence electrons. The molecule has 2 nitrogen and oxygen atoms in total. The average molecular weight is 567 g/mol. The Hall–Kier alpha value is -5.38. The van der Waals surface area contributed by atoms with E-state index in [1.165, 1.54) is 63.9 Å². The van der Waals surface area contributed by atoms with Crippen LogP contribution in [0.4, 0.5) is 11.4 Å². The number of fused-ring (bicyclic) bond motifs is 8. The molecule has 0 atom stereocenters. The zero-order valence-corrected chi connectivity index (χ0v) is 24.1. The second-order valence-electron chi connectivity index (χ2n) is 11.1. The van der Waals surface area contributed by atoms with Crippen LogP contribution in [0.2, 0.25) is 0 Å². The molecule has 7 aromatic carbocycles. The van der Waals surface area contributed by atoms with Gasteiger partial charge in [0.2, 0.25) is 0 Å². The Kier molecular flexibility index (Phi) is 5.40. The Morgan fingerprint density at radius 3 is 2.05 bits per heavy atom. The van der Waals surface area contributed by atoms with E-state index in [2.05, 4.69) is 162 Å². The van der Waals surface area contributed by atoms with Crippen molar-refractivity contribution < 1.29 is 0 Å². The molecule has 0 spiro atoms. The number of para-hydroxylation sites is 1. The van der Waals surface area contributed by atoms with Crippen LogP contribution in [-0.4, -0.2) is 4.57 Å². The highest BCUT2D eigenvalue weighted by Crippen LogP contribution is 2.39. The number of hydrogen-bond acceptors (Lipinski definition) is 2. The van der Waals surface area contributed by atoms with Gasteiger partial charge in [0, 0.05) is 48.0 Å². The zero-order valence-electron chi connectivity index (χ0n) is 23.3. The minimum Gasteiger partial charge on any atom is -0.355 e. The number of nitrogens with one attached hydrogen (secondary N) is 1. The molecule has 9 aromatic rings. The zero-order chi connectivity index (χ0) is 28.3. The first-order valence-corrected chi connectivity index (χ1v) is 15.4. The van der Waals surface area contributed by atoms with Gasteiger partial charge >= 0.3 is 0 Å². The van der Waals surface area contributed by atoms with Gasteiger partial charge in [-0.2, -0.15) is 0 Å². The summed E-state index contributed by atoms with van der Waals surface area (Å²) in [6.45, 7) is 0. The lowest BCUT2D eigenvalue weighted by atomic mass is 10.0. The van der Waals surface area contributed by atoms with Crippen LogP contribution in [0.25, 0.3) is 69.6 Å². The molecular formula is C40H26N2S. The Morgan fingerprint density at radius 2 is 1.16 bits per heavy atom. The van der Waals surface area contributed by atoms with Crippen LogP contribution < -0.4 is 5.32 Å². The van der Waals surface area contributed by atoms with Crippen LogP contribution in [0.3, 0.4) is 0 Å². The van der Waals surface area contributed by atoms with E-state index in [0.29, 0.717) is 0 Å². The van der Waals surface area contributed by atoms with Crippen LogP contribution in [0, 0.1) is 0 Å². The summed E-state index contributed by atoms with van der Waals surface area (Å²) in [5, 5.41) is 11.4. The molecule has 9 rings (SSSR count). The fourth-order valence-electron chi connectivity index (χ4n) is 6.54. The topological polar surface area (TPSA) is 17.0 Å². The van der Waals surface area contributed by atoms with E-state index in [1.54, 1.807) is 0 Å². The van der Waals surface area contributed by atoms with Crippen LogP contribution in [0.15, 0.2) is 152 Å².